The second kappa shape index (κ2) is 4.33. The molecule has 0 rings (SSSR count). The zero-order valence-corrected chi connectivity index (χ0v) is 8.13. The maximum absolute atomic E-state index is 12.7. The van der Waals surface area contributed by atoms with Crippen LogP contribution in [0.15, 0.2) is 0 Å². The Labute approximate surface area is 96.0 Å². The molecule has 2 N–H and O–H groups in total. The first-order valence-electron chi connectivity index (χ1n) is 3.89. The zero-order valence-electron chi connectivity index (χ0n) is 8.13. The second-order valence-corrected chi connectivity index (χ2v) is 3.27. The molecule has 0 spiro atoms. The highest BCUT2D eigenvalue weighted by atomic mass is 19.4. The van der Waals surface area contributed by atoms with E-state index in [1.807, 2.05) is 0 Å². The molecule has 0 fully saturated rings. The lowest BCUT2D eigenvalue weighted by Gasteiger charge is -2.40. The summed E-state index contributed by atoms with van der Waals surface area (Å²) in [6, 6.07) is 0. The number of hydrogen-bond donors (Lipinski definition) is 2. The van der Waals surface area contributed by atoms with Gasteiger partial charge in [0.25, 0.3) is 0 Å². The zero-order chi connectivity index (χ0) is 16.1. The summed E-state index contributed by atoms with van der Waals surface area (Å²) in [5, 5.41) is 16.0. The number of halogens is 11. The smallest absolute Gasteiger partial charge is 0.379 e. The first-order chi connectivity index (χ1) is 7.90. The molecule has 0 aliphatic rings. The molecule has 0 aromatic rings. The minimum atomic E-state index is -7.21. The molecule has 0 saturated heterocycles. The molecule has 0 aliphatic heterocycles. The standard InChI is InChI=1S/C6H3F11O2/c7-2(8,1(18)3(9,10)11)4(19,5(12,13)14)6(15,16)17/h1,18-19H. The third-order valence-electron chi connectivity index (χ3n) is 1.96. The highest BCUT2D eigenvalue weighted by Crippen LogP contribution is 2.54. The molecule has 13 heteroatoms. The Morgan fingerprint density at radius 1 is 0.632 bits per heavy atom. The van der Waals surface area contributed by atoms with Gasteiger partial charge in [0.05, 0.1) is 0 Å². The molecular weight excluding hydrogens is 313 g/mol. The van der Waals surface area contributed by atoms with E-state index in [0.717, 1.165) is 0 Å². The molecule has 0 saturated carbocycles. The lowest BCUT2D eigenvalue weighted by molar-refractivity contribution is -0.445. The van der Waals surface area contributed by atoms with E-state index in [-0.39, 0.29) is 0 Å². The van der Waals surface area contributed by atoms with Gasteiger partial charge in [-0.25, -0.2) is 0 Å². The van der Waals surface area contributed by atoms with Crippen molar-refractivity contribution in [2.24, 2.45) is 0 Å². The summed E-state index contributed by atoms with van der Waals surface area (Å²) in [6.45, 7) is 0. The van der Waals surface area contributed by atoms with Crippen LogP contribution in [-0.4, -0.2) is 46.4 Å². The number of aliphatic hydroxyl groups excluding tert-OH is 1. The van der Waals surface area contributed by atoms with Crippen molar-refractivity contribution in [2.45, 2.75) is 36.2 Å². The third-order valence-corrected chi connectivity index (χ3v) is 1.96. The summed E-state index contributed by atoms with van der Waals surface area (Å²) >= 11 is 0. The maximum atomic E-state index is 12.7. The van der Waals surface area contributed by atoms with E-state index in [9.17, 15) is 48.3 Å². The monoisotopic (exact) mass is 316 g/mol. The van der Waals surface area contributed by atoms with Gasteiger partial charge in [0.1, 0.15) is 0 Å². The van der Waals surface area contributed by atoms with E-state index in [1.54, 1.807) is 0 Å². The van der Waals surface area contributed by atoms with Gasteiger partial charge in [-0.05, 0) is 0 Å². The van der Waals surface area contributed by atoms with Crippen LogP contribution in [0, 0.1) is 0 Å². The molecular formula is C6H3F11O2. The van der Waals surface area contributed by atoms with Crippen molar-refractivity contribution in [3.8, 4) is 0 Å². The summed E-state index contributed by atoms with van der Waals surface area (Å²) in [6.07, 6.45) is -26.3. The van der Waals surface area contributed by atoms with E-state index in [0.29, 0.717) is 0 Å². The Bertz CT molecular complexity index is 310. The largest absolute Gasteiger partial charge is 0.432 e. The van der Waals surface area contributed by atoms with Gasteiger partial charge in [-0.1, -0.05) is 0 Å². The van der Waals surface area contributed by atoms with Gasteiger partial charge in [-0.3, -0.25) is 0 Å². The van der Waals surface area contributed by atoms with Gasteiger partial charge >= 0.3 is 30.1 Å². The molecule has 0 aliphatic carbocycles. The molecule has 2 nitrogen and oxygen atoms in total. The van der Waals surface area contributed by atoms with Crippen LogP contribution in [0.5, 0.6) is 0 Å². The quantitative estimate of drug-likeness (QED) is 0.768. The van der Waals surface area contributed by atoms with E-state index >= 15 is 0 Å². The molecule has 0 radical (unpaired) electrons. The maximum Gasteiger partial charge on any atom is 0.432 e. The van der Waals surface area contributed by atoms with Gasteiger partial charge in [-0.15, -0.1) is 0 Å². The minimum absolute atomic E-state index is 5.37. The van der Waals surface area contributed by atoms with E-state index < -0.39 is 36.2 Å². The van der Waals surface area contributed by atoms with Crippen LogP contribution in [0.2, 0.25) is 0 Å². The summed E-state index contributed by atoms with van der Waals surface area (Å²) in [4.78, 5) is 0. The van der Waals surface area contributed by atoms with E-state index in [2.05, 4.69) is 0 Å². The number of hydrogen-bond acceptors (Lipinski definition) is 2. The first-order valence-corrected chi connectivity index (χ1v) is 3.89. The molecule has 0 heterocycles. The van der Waals surface area contributed by atoms with Crippen molar-refractivity contribution < 1.29 is 58.5 Å². The lowest BCUT2D eigenvalue weighted by Crippen LogP contribution is -2.72. The van der Waals surface area contributed by atoms with Crippen molar-refractivity contribution >= 4 is 0 Å². The summed E-state index contributed by atoms with van der Waals surface area (Å²) in [7, 11) is 0. The normalized spacial score (nSPS) is 17.5. The second-order valence-electron chi connectivity index (χ2n) is 3.27. The van der Waals surface area contributed by atoms with Crippen molar-refractivity contribution in [2.75, 3.05) is 0 Å². The van der Waals surface area contributed by atoms with Crippen LogP contribution in [0.4, 0.5) is 48.3 Å². The van der Waals surface area contributed by atoms with Gasteiger partial charge in [0.2, 0.25) is 6.10 Å². The van der Waals surface area contributed by atoms with Crippen LogP contribution in [-0.2, 0) is 0 Å². The molecule has 19 heavy (non-hydrogen) atoms. The predicted molar refractivity (Wildman–Crippen MR) is 34.1 cm³/mol. The third kappa shape index (κ3) is 2.70. The molecule has 0 bridgehead atoms. The Morgan fingerprint density at radius 3 is 1.05 bits per heavy atom. The highest BCUT2D eigenvalue weighted by molar-refractivity contribution is 5.09. The topological polar surface area (TPSA) is 40.5 Å². The van der Waals surface area contributed by atoms with Crippen LogP contribution in [0.3, 0.4) is 0 Å². The number of rotatable bonds is 2. The van der Waals surface area contributed by atoms with Gasteiger partial charge in [0, 0.05) is 0 Å². The average molecular weight is 316 g/mol. The summed E-state index contributed by atoms with van der Waals surface area (Å²) in [5.74, 6) is -7.00. The fourth-order valence-electron chi connectivity index (χ4n) is 0.942. The molecule has 1 unspecified atom stereocenters. The Balaban J connectivity index is 6.06. The molecule has 116 valence electrons. The summed E-state index contributed by atoms with van der Waals surface area (Å²) < 4.78 is 132. The van der Waals surface area contributed by atoms with Crippen molar-refractivity contribution in [3.05, 3.63) is 0 Å². The Kier molecular flexibility index (Phi) is 4.13. The minimum Gasteiger partial charge on any atom is -0.379 e. The van der Waals surface area contributed by atoms with Crippen molar-refractivity contribution in [3.63, 3.8) is 0 Å². The fraction of sp³-hybridized carbons (Fsp3) is 1.00. The van der Waals surface area contributed by atoms with Crippen molar-refractivity contribution in [1.29, 1.82) is 0 Å². The van der Waals surface area contributed by atoms with Gasteiger partial charge in [-0.2, -0.15) is 48.3 Å². The lowest BCUT2D eigenvalue weighted by atomic mass is 9.89. The molecule has 0 aromatic carbocycles. The first kappa shape index (κ1) is 18.1. The number of aliphatic hydroxyl groups is 2. The Hall–Kier alpha value is -0.850. The van der Waals surface area contributed by atoms with Crippen molar-refractivity contribution in [1.82, 2.24) is 0 Å². The molecule has 1 atom stereocenters. The van der Waals surface area contributed by atoms with Gasteiger partial charge < -0.3 is 10.2 Å². The van der Waals surface area contributed by atoms with E-state index in [4.69, 9.17) is 10.2 Å². The predicted octanol–water partition coefficient (Wildman–Crippen LogP) is 2.40. The Morgan fingerprint density at radius 2 is 0.895 bits per heavy atom. The van der Waals surface area contributed by atoms with Crippen LogP contribution < -0.4 is 0 Å². The van der Waals surface area contributed by atoms with E-state index in [1.165, 1.54) is 0 Å². The number of alkyl halides is 11. The van der Waals surface area contributed by atoms with Crippen LogP contribution >= 0.6 is 0 Å². The highest BCUT2D eigenvalue weighted by Gasteiger charge is 2.86. The van der Waals surface area contributed by atoms with Crippen LogP contribution in [0.1, 0.15) is 0 Å². The molecule has 0 amide bonds. The van der Waals surface area contributed by atoms with Crippen LogP contribution in [0.25, 0.3) is 0 Å². The SMILES string of the molecule is OC(C(F)(F)F)C(F)(F)C(O)(C(F)(F)F)C(F)(F)F. The summed E-state index contributed by atoms with van der Waals surface area (Å²) in [5.41, 5.74) is -7.05. The average Bonchev–Trinajstić information content (AvgIpc) is 2.09. The fourth-order valence-corrected chi connectivity index (χ4v) is 0.942. The molecule has 0 aromatic heterocycles. The van der Waals surface area contributed by atoms with Gasteiger partial charge in [0.15, 0.2) is 0 Å².